The molecule has 0 spiro atoms. The summed E-state index contributed by atoms with van der Waals surface area (Å²) in [5.74, 6) is -0.629. The molecule has 1 fully saturated rings. The molecule has 0 aliphatic carbocycles. The number of anilines is 1. The second-order valence-corrected chi connectivity index (χ2v) is 5.55. The van der Waals surface area contributed by atoms with Gasteiger partial charge in [0.15, 0.2) is 5.13 Å². The lowest BCUT2D eigenvalue weighted by molar-refractivity contribution is 0.102. The van der Waals surface area contributed by atoms with Crippen molar-refractivity contribution in [2.24, 2.45) is 0 Å². The molecule has 0 unspecified atom stereocenters. The summed E-state index contributed by atoms with van der Waals surface area (Å²) < 4.78 is 12.8. The van der Waals surface area contributed by atoms with Gasteiger partial charge in [-0.25, -0.2) is 9.37 Å². The first kappa shape index (κ1) is 13.2. The van der Waals surface area contributed by atoms with Crippen molar-refractivity contribution in [3.8, 4) is 0 Å². The predicted octanol–water partition coefficient (Wildman–Crippen LogP) is 2.96. The molecular formula is C14H14FN3OS. The fourth-order valence-electron chi connectivity index (χ4n) is 2.21. The minimum absolute atomic E-state index is 0.273. The number of halogens is 1. The molecule has 1 aliphatic rings. The zero-order valence-corrected chi connectivity index (χ0v) is 11.5. The Hall–Kier alpha value is -1.79. The van der Waals surface area contributed by atoms with Gasteiger partial charge in [0.25, 0.3) is 5.91 Å². The summed E-state index contributed by atoms with van der Waals surface area (Å²) in [5, 5.41) is 8.64. The monoisotopic (exact) mass is 291 g/mol. The number of carbonyl (C=O) groups is 1. The van der Waals surface area contributed by atoms with Crippen molar-refractivity contribution in [1.82, 2.24) is 10.3 Å². The average Bonchev–Trinajstić information content (AvgIpc) is 3.09. The third-order valence-corrected chi connectivity index (χ3v) is 4.04. The molecule has 4 nitrogen and oxygen atoms in total. The van der Waals surface area contributed by atoms with E-state index >= 15 is 0 Å². The lowest BCUT2D eigenvalue weighted by Crippen LogP contribution is -2.14. The van der Waals surface area contributed by atoms with Gasteiger partial charge in [0.05, 0.1) is 11.7 Å². The van der Waals surface area contributed by atoms with E-state index in [1.807, 2.05) is 5.38 Å². The lowest BCUT2D eigenvalue weighted by atomic mass is 10.2. The average molecular weight is 291 g/mol. The normalized spacial score (nSPS) is 18.1. The van der Waals surface area contributed by atoms with Crippen molar-refractivity contribution in [2.45, 2.75) is 18.9 Å². The van der Waals surface area contributed by atoms with Crippen LogP contribution in [0, 0.1) is 5.82 Å². The highest BCUT2D eigenvalue weighted by molar-refractivity contribution is 7.14. The van der Waals surface area contributed by atoms with E-state index in [1.165, 1.54) is 35.6 Å². The minimum Gasteiger partial charge on any atom is -0.309 e. The number of nitrogens with one attached hydrogen (secondary N) is 2. The fourth-order valence-corrected chi connectivity index (χ4v) is 2.97. The molecule has 1 amide bonds. The van der Waals surface area contributed by atoms with Gasteiger partial charge < -0.3 is 5.32 Å². The summed E-state index contributed by atoms with van der Waals surface area (Å²) in [6.45, 7) is 1.01. The van der Waals surface area contributed by atoms with Crippen LogP contribution in [-0.4, -0.2) is 17.4 Å². The number of benzene rings is 1. The van der Waals surface area contributed by atoms with Crippen LogP contribution in [0.4, 0.5) is 9.52 Å². The van der Waals surface area contributed by atoms with E-state index in [4.69, 9.17) is 0 Å². The highest BCUT2D eigenvalue weighted by atomic mass is 32.1. The van der Waals surface area contributed by atoms with E-state index in [9.17, 15) is 9.18 Å². The summed E-state index contributed by atoms with van der Waals surface area (Å²) in [6.07, 6.45) is 2.23. The lowest BCUT2D eigenvalue weighted by Gasteiger charge is -2.05. The Labute approximate surface area is 120 Å². The first-order chi connectivity index (χ1) is 9.72. The summed E-state index contributed by atoms with van der Waals surface area (Å²) in [4.78, 5) is 16.4. The first-order valence-corrected chi connectivity index (χ1v) is 7.36. The van der Waals surface area contributed by atoms with E-state index in [2.05, 4.69) is 15.6 Å². The fraction of sp³-hybridized carbons (Fsp3) is 0.286. The summed E-state index contributed by atoms with van der Waals surface area (Å²) in [6, 6.07) is 5.74. The number of thiazole rings is 1. The van der Waals surface area contributed by atoms with E-state index in [-0.39, 0.29) is 11.7 Å². The Morgan fingerprint density at radius 3 is 2.90 bits per heavy atom. The molecule has 1 aromatic heterocycles. The molecule has 2 N–H and O–H groups in total. The second-order valence-electron chi connectivity index (χ2n) is 4.69. The van der Waals surface area contributed by atoms with Gasteiger partial charge in [0.2, 0.25) is 0 Å². The zero-order valence-electron chi connectivity index (χ0n) is 10.7. The van der Waals surface area contributed by atoms with E-state index < -0.39 is 0 Å². The molecule has 20 heavy (non-hydrogen) atoms. The predicted molar refractivity (Wildman–Crippen MR) is 76.4 cm³/mol. The Kier molecular flexibility index (Phi) is 3.75. The van der Waals surface area contributed by atoms with Crippen LogP contribution in [0.15, 0.2) is 29.6 Å². The van der Waals surface area contributed by atoms with Gasteiger partial charge in [0, 0.05) is 10.9 Å². The zero-order chi connectivity index (χ0) is 13.9. The third-order valence-electron chi connectivity index (χ3n) is 3.27. The van der Waals surface area contributed by atoms with E-state index in [0.29, 0.717) is 16.7 Å². The highest BCUT2D eigenvalue weighted by Gasteiger charge is 2.19. The van der Waals surface area contributed by atoms with Crippen molar-refractivity contribution in [3.05, 3.63) is 46.7 Å². The Morgan fingerprint density at radius 1 is 1.40 bits per heavy atom. The summed E-state index contributed by atoms with van der Waals surface area (Å²) >= 11 is 1.41. The van der Waals surface area contributed by atoms with Crippen molar-refractivity contribution < 1.29 is 9.18 Å². The molecule has 2 aromatic rings. The van der Waals surface area contributed by atoms with Crippen molar-refractivity contribution >= 4 is 22.4 Å². The Bertz CT molecular complexity index is 605. The number of rotatable bonds is 3. The molecule has 1 saturated heterocycles. The number of hydrogen-bond acceptors (Lipinski definition) is 4. The Morgan fingerprint density at radius 2 is 2.20 bits per heavy atom. The molecule has 3 rings (SSSR count). The molecular weight excluding hydrogens is 277 g/mol. The molecule has 0 saturated carbocycles. The summed E-state index contributed by atoms with van der Waals surface area (Å²) in [5.41, 5.74) is 1.39. The maximum Gasteiger partial charge on any atom is 0.257 e. The van der Waals surface area contributed by atoms with Crippen LogP contribution in [0.2, 0.25) is 0 Å². The molecule has 1 aromatic carbocycles. The first-order valence-electron chi connectivity index (χ1n) is 6.48. The molecule has 0 radical (unpaired) electrons. The topological polar surface area (TPSA) is 54.0 Å². The SMILES string of the molecule is O=C(Nc1nc([C@H]2CCCN2)cs1)c1ccc(F)cc1. The van der Waals surface area contributed by atoms with Gasteiger partial charge in [-0.15, -0.1) is 11.3 Å². The Balaban J connectivity index is 1.68. The molecule has 104 valence electrons. The molecule has 2 heterocycles. The molecule has 1 atom stereocenters. The van der Waals surface area contributed by atoms with Crippen LogP contribution in [0.3, 0.4) is 0 Å². The number of hydrogen-bond donors (Lipinski definition) is 2. The quantitative estimate of drug-likeness (QED) is 0.914. The van der Waals surface area contributed by atoms with Crippen LogP contribution >= 0.6 is 11.3 Å². The van der Waals surface area contributed by atoms with Crippen LogP contribution in [0.5, 0.6) is 0 Å². The van der Waals surface area contributed by atoms with Crippen LogP contribution in [0.25, 0.3) is 0 Å². The van der Waals surface area contributed by atoms with Crippen molar-refractivity contribution in [3.63, 3.8) is 0 Å². The molecule has 1 aliphatic heterocycles. The maximum absolute atomic E-state index is 12.8. The van der Waals surface area contributed by atoms with E-state index in [1.54, 1.807) is 0 Å². The van der Waals surface area contributed by atoms with Gasteiger partial charge in [-0.05, 0) is 43.7 Å². The van der Waals surface area contributed by atoms with Gasteiger partial charge in [-0.1, -0.05) is 0 Å². The van der Waals surface area contributed by atoms with Crippen molar-refractivity contribution in [2.75, 3.05) is 11.9 Å². The highest BCUT2D eigenvalue weighted by Crippen LogP contribution is 2.26. The van der Waals surface area contributed by atoms with Crippen LogP contribution in [0.1, 0.15) is 34.9 Å². The third kappa shape index (κ3) is 2.86. The van der Waals surface area contributed by atoms with Gasteiger partial charge in [-0.2, -0.15) is 0 Å². The van der Waals surface area contributed by atoms with Crippen LogP contribution < -0.4 is 10.6 Å². The van der Waals surface area contributed by atoms with Crippen LogP contribution in [-0.2, 0) is 0 Å². The van der Waals surface area contributed by atoms with Gasteiger partial charge in [-0.3, -0.25) is 10.1 Å². The number of carbonyl (C=O) groups excluding carboxylic acids is 1. The smallest absolute Gasteiger partial charge is 0.257 e. The van der Waals surface area contributed by atoms with E-state index in [0.717, 1.165) is 25.1 Å². The number of aromatic nitrogens is 1. The number of nitrogens with zero attached hydrogens (tertiary/aromatic N) is 1. The minimum atomic E-state index is -0.356. The van der Waals surface area contributed by atoms with Gasteiger partial charge in [0.1, 0.15) is 5.82 Å². The van der Waals surface area contributed by atoms with Crippen molar-refractivity contribution in [1.29, 1.82) is 0 Å². The standard InChI is InChI=1S/C14H14FN3OS/c15-10-5-3-9(4-6-10)13(19)18-14-17-12(8-20-14)11-2-1-7-16-11/h3-6,8,11,16H,1-2,7H2,(H,17,18,19)/t11-/m1/s1. The van der Waals surface area contributed by atoms with Gasteiger partial charge >= 0.3 is 0 Å². The second kappa shape index (κ2) is 5.68. The number of amides is 1. The summed E-state index contributed by atoms with van der Waals surface area (Å²) in [7, 11) is 0. The largest absolute Gasteiger partial charge is 0.309 e. The maximum atomic E-state index is 12.8. The molecule has 6 heteroatoms. The molecule has 0 bridgehead atoms.